The van der Waals surface area contributed by atoms with E-state index in [-0.39, 0.29) is 0 Å². The number of carbonyl (C=O) groups is 1. The van der Waals surface area contributed by atoms with Gasteiger partial charge in [-0.05, 0) is 32.9 Å². The third kappa shape index (κ3) is 7.97. The maximum absolute atomic E-state index is 10.9. The maximum atomic E-state index is 10.9. The van der Waals surface area contributed by atoms with Crippen molar-refractivity contribution in [2.75, 3.05) is 13.6 Å². The molecule has 0 rings (SSSR count). The molecule has 0 spiro atoms. The number of Topliss-reactive ketones (excluding diaryl/α,β-unsaturated/α-hetero) is 1. The van der Waals surface area contributed by atoms with E-state index in [0.717, 1.165) is 13.0 Å². The molecule has 78 valence electrons. The molecule has 0 aromatic rings. The molecule has 0 amide bonds. The molecule has 0 heterocycles. The molecule has 2 nitrogen and oxygen atoms in total. The summed E-state index contributed by atoms with van der Waals surface area (Å²) in [6.07, 6.45) is 5.74. The van der Waals surface area contributed by atoms with E-state index < -0.39 is 0 Å². The van der Waals surface area contributed by atoms with Crippen LogP contribution in [0, 0.1) is 5.92 Å². The predicted molar refractivity (Wildman–Crippen MR) is 56.9 cm³/mol. The van der Waals surface area contributed by atoms with Gasteiger partial charge < -0.3 is 10.1 Å². The highest BCUT2D eigenvalue weighted by Gasteiger charge is 2.09. The van der Waals surface area contributed by atoms with Crippen LogP contribution in [0.4, 0.5) is 0 Å². The summed E-state index contributed by atoms with van der Waals surface area (Å²) in [5.74, 6) is 0.866. The Hall–Kier alpha value is -0.370. The Bertz CT molecular complexity index is 134. The van der Waals surface area contributed by atoms with E-state index in [4.69, 9.17) is 0 Å². The fourth-order valence-corrected chi connectivity index (χ4v) is 1.65. The van der Waals surface area contributed by atoms with Crippen molar-refractivity contribution in [1.29, 1.82) is 0 Å². The first-order valence-electron chi connectivity index (χ1n) is 5.34. The number of hydrogen-bond acceptors (Lipinski definition) is 2. The minimum absolute atomic E-state index is 0.316. The van der Waals surface area contributed by atoms with Crippen molar-refractivity contribution in [3.8, 4) is 0 Å². The molecule has 1 N–H and O–H groups in total. The number of ketones is 1. The average molecular weight is 185 g/mol. The van der Waals surface area contributed by atoms with Gasteiger partial charge in [-0.2, -0.15) is 0 Å². The summed E-state index contributed by atoms with van der Waals surface area (Å²) in [5, 5.41) is 3.15. The monoisotopic (exact) mass is 185 g/mol. The van der Waals surface area contributed by atoms with Gasteiger partial charge in [0, 0.05) is 6.42 Å². The van der Waals surface area contributed by atoms with Crippen LogP contribution in [0.2, 0.25) is 0 Å². The molecule has 1 unspecified atom stereocenters. The number of nitrogens with one attached hydrogen (secondary N) is 1. The van der Waals surface area contributed by atoms with E-state index in [0.29, 0.717) is 11.7 Å². The largest absolute Gasteiger partial charge is 0.319 e. The molecule has 0 saturated carbocycles. The summed E-state index contributed by atoms with van der Waals surface area (Å²) < 4.78 is 0. The first-order valence-corrected chi connectivity index (χ1v) is 5.34. The predicted octanol–water partition coefficient (Wildman–Crippen LogP) is 2.38. The third-order valence-corrected chi connectivity index (χ3v) is 2.28. The standard InChI is InChI=1S/C11H23NO/c1-4-5-6-7-11(9-12-3)8-10(2)13/h11-12H,4-9H2,1-3H3. The van der Waals surface area contributed by atoms with Gasteiger partial charge in [0.15, 0.2) is 0 Å². The first kappa shape index (κ1) is 12.6. The molecule has 0 saturated heterocycles. The zero-order valence-corrected chi connectivity index (χ0v) is 9.23. The highest BCUT2D eigenvalue weighted by Crippen LogP contribution is 2.13. The highest BCUT2D eigenvalue weighted by atomic mass is 16.1. The zero-order chi connectivity index (χ0) is 10.1. The van der Waals surface area contributed by atoms with Crippen LogP contribution in [0.5, 0.6) is 0 Å². The summed E-state index contributed by atoms with van der Waals surface area (Å²) in [6, 6.07) is 0. The van der Waals surface area contributed by atoms with E-state index in [2.05, 4.69) is 12.2 Å². The maximum Gasteiger partial charge on any atom is 0.130 e. The minimum Gasteiger partial charge on any atom is -0.319 e. The second-order valence-electron chi connectivity index (χ2n) is 3.83. The molecule has 0 fully saturated rings. The van der Waals surface area contributed by atoms with Crippen LogP contribution in [0.15, 0.2) is 0 Å². The normalized spacial score (nSPS) is 12.8. The van der Waals surface area contributed by atoms with E-state index in [1.54, 1.807) is 6.92 Å². The molecule has 13 heavy (non-hydrogen) atoms. The lowest BCUT2D eigenvalue weighted by molar-refractivity contribution is -0.117. The quantitative estimate of drug-likeness (QED) is 0.588. The van der Waals surface area contributed by atoms with E-state index >= 15 is 0 Å². The molecule has 0 radical (unpaired) electrons. The molecule has 2 heteroatoms. The second kappa shape index (κ2) is 8.24. The fraction of sp³-hybridized carbons (Fsp3) is 0.909. The van der Waals surface area contributed by atoms with Crippen molar-refractivity contribution in [3.05, 3.63) is 0 Å². The summed E-state index contributed by atoms with van der Waals surface area (Å²) in [4.78, 5) is 10.9. The number of rotatable bonds is 8. The lowest BCUT2D eigenvalue weighted by Crippen LogP contribution is -2.20. The molecule has 0 aliphatic heterocycles. The van der Waals surface area contributed by atoms with Gasteiger partial charge in [0.2, 0.25) is 0 Å². The van der Waals surface area contributed by atoms with Crippen molar-refractivity contribution in [2.24, 2.45) is 5.92 Å². The van der Waals surface area contributed by atoms with Crippen LogP contribution in [0.1, 0.15) is 46.0 Å². The molecular formula is C11H23NO. The van der Waals surface area contributed by atoms with Gasteiger partial charge in [0.25, 0.3) is 0 Å². The van der Waals surface area contributed by atoms with Gasteiger partial charge in [-0.15, -0.1) is 0 Å². The van der Waals surface area contributed by atoms with Gasteiger partial charge in [-0.25, -0.2) is 0 Å². The van der Waals surface area contributed by atoms with Gasteiger partial charge in [0.05, 0.1) is 0 Å². The molecule has 0 aliphatic carbocycles. The smallest absolute Gasteiger partial charge is 0.130 e. The van der Waals surface area contributed by atoms with E-state index in [1.807, 2.05) is 7.05 Å². The van der Waals surface area contributed by atoms with Crippen molar-refractivity contribution in [1.82, 2.24) is 5.32 Å². The SMILES string of the molecule is CCCCCC(CNC)CC(C)=O. The van der Waals surface area contributed by atoms with Crippen molar-refractivity contribution in [2.45, 2.75) is 46.0 Å². The Morgan fingerprint density at radius 2 is 2.08 bits per heavy atom. The van der Waals surface area contributed by atoms with Gasteiger partial charge >= 0.3 is 0 Å². The molecule has 0 bridgehead atoms. The number of hydrogen-bond donors (Lipinski definition) is 1. The molecule has 0 aliphatic rings. The van der Waals surface area contributed by atoms with Crippen LogP contribution in [0.25, 0.3) is 0 Å². The summed E-state index contributed by atoms with van der Waals surface area (Å²) in [5.41, 5.74) is 0. The Kier molecular flexibility index (Phi) is 8.00. The second-order valence-corrected chi connectivity index (χ2v) is 3.83. The topological polar surface area (TPSA) is 29.1 Å². The third-order valence-electron chi connectivity index (χ3n) is 2.28. The minimum atomic E-state index is 0.316. The van der Waals surface area contributed by atoms with Crippen molar-refractivity contribution < 1.29 is 4.79 Å². The van der Waals surface area contributed by atoms with Gasteiger partial charge in [0.1, 0.15) is 5.78 Å². The van der Waals surface area contributed by atoms with Gasteiger partial charge in [-0.3, -0.25) is 0 Å². The van der Waals surface area contributed by atoms with Crippen LogP contribution in [0.3, 0.4) is 0 Å². The van der Waals surface area contributed by atoms with E-state index in [1.165, 1.54) is 25.7 Å². The van der Waals surface area contributed by atoms with Crippen LogP contribution in [-0.4, -0.2) is 19.4 Å². The molecule has 0 aromatic carbocycles. The molecule has 1 atom stereocenters. The van der Waals surface area contributed by atoms with Crippen molar-refractivity contribution >= 4 is 5.78 Å². The van der Waals surface area contributed by atoms with Crippen LogP contribution >= 0.6 is 0 Å². The Morgan fingerprint density at radius 3 is 2.54 bits per heavy atom. The van der Waals surface area contributed by atoms with Crippen molar-refractivity contribution in [3.63, 3.8) is 0 Å². The Balaban J connectivity index is 3.59. The summed E-state index contributed by atoms with van der Waals surface area (Å²) in [6.45, 7) is 4.86. The van der Waals surface area contributed by atoms with E-state index in [9.17, 15) is 4.79 Å². The first-order chi connectivity index (χ1) is 6.20. The number of unbranched alkanes of at least 4 members (excludes halogenated alkanes) is 2. The highest BCUT2D eigenvalue weighted by molar-refractivity contribution is 5.75. The Labute approximate surface area is 82.1 Å². The van der Waals surface area contributed by atoms with Crippen LogP contribution in [-0.2, 0) is 4.79 Å². The Morgan fingerprint density at radius 1 is 1.38 bits per heavy atom. The number of carbonyl (C=O) groups excluding carboxylic acids is 1. The lowest BCUT2D eigenvalue weighted by Gasteiger charge is -2.14. The fourth-order valence-electron chi connectivity index (χ4n) is 1.65. The molecular weight excluding hydrogens is 162 g/mol. The zero-order valence-electron chi connectivity index (χ0n) is 9.23. The van der Waals surface area contributed by atoms with Crippen LogP contribution < -0.4 is 5.32 Å². The average Bonchev–Trinajstić information content (AvgIpc) is 2.04. The summed E-state index contributed by atoms with van der Waals surface area (Å²) >= 11 is 0. The summed E-state index contributed by atoms with van der Waals surface area (Å²) in [7, 11) is 1.95. The van der Waals surface area contributed by atoms with Gasteiger partial charge in [-0.1, -0.05) is 26.2 Å². The molecule has 0 aromatic heterocycles. The lowest BCUT2D eigenvalue weighted by atomic mass is 9.96.